The summed E-state index contributed by atoms with van der Waals surface area (Å²) >= 11 is 0. The predicted molar refractivity (Wildman–Crippen MR) is 76.8 cm³/mol. The van der Waals surface area contributed by atoms with Crippen molar-refractivity contribution in [3.63, 3.8) is 0 Å². The van der Waals surface area contributed by atoms with Crippen LogP contribution < -0.4 is 11.1 Å². The predicted octanol–water partition coefficient (Wildman–Crippen LogP) is 2.19. The largest absolute Gasteiger partial charge is 0.330 e. The van der Waals surface area contributed by atoms with E-state index in [0.717, 1.165) is 30.7 Å². The van der Waals surface area contributed by atoms with Crippen molar-refractivity contribution >= 4 is 11.9 Å². The summed E-state index contributed by atoms with van der Waals surface area (Å²) in [5, 5.41) is 2.75. The molecule has 3 N–H and O–H groups in total. The third-order valence-corrected chi connectivity index (χ3v) is 3.17. The lowest BCUT2D eigenvalue weighted by molar-refractivity contribution is -0.116. The number of aromatic nitrogens is 2. The van der Waals surface area contributed by atoms with Gasteiger partial charge in [0.1, 0.15) is 0 Å². The van der Waals surface area contributed by atoms with Crippen molar-refractivity contribution < 1.29 is 4.79 Å². The zero-order chi connectivity index (χ0) is 14.3. The number of anilines is 1. The average molecular weight is 264 g/mol. The molecule has 1 heterocycles. The molecule has 0 bridgehead atoms. The number of aryl methyl sites for hydroxylation is 2. The molecule has 19 heavy (non-hydrogen) atoms. The van der Waals surface area contributed by atoms with Gasteiger partial charge >= 0.3 is 0 Å². The van der Waals surface area contributed by atoms with Crippen LogP contribution in [-0.4, -0.2) is 22.4 Å². The zero-order valence-electron chi connectivity index (χ0n) is 12.1. The highest BCUT2D eigenvalue weighted by molar-refractivity contribution is 5.88. The molecule has 0 spiro atoms. The van der Waals surface area contributed by atoms with Crippen LogP contribution in [0.3, 0.4) is 0 Å². The minimum atomic E-state index is -0.0273. The SMILES string of the molecule is CCC(CCN)CCC(=O)Nc1nc(C)cc(C)n1. The second-order valence-electron chi connectivity index (χ2n) is 4.91. The molecular weight excluding hydrogens is 240 g/mol. The molecule has 0 radical (unpaired) electrons. The van der Waals surface area contributed by atoms with Crippen LogP contribution in [0.25, 0.3) is 0 Å². The van der Waals surface area contributed by atoms with E-state index in [1.165, 1.54) is 0 Å². The average Bonchev–Trinajstić information content (AvgIpc) is 2.33. The first-order chi connectivity index (χ1) is 9.05. The third kappa shape index (κ3) is 5.79. The Morgan fingerprint density at radius 3 is 2.47 bits per heavy atom. The topological polar surface area (TPSA) is 80.9 Å². The Labute approximate surface area is 115 Å². The first-order valence-electron chi connectivity index (χ1n) is 6.87. The Balaban J connectivity index is 2.46. The highest BCUT2D eigenvalue weighted by atomic mass is 16.1. The van der Waals surface area contributed by atoms with E-state index in [-0.39, 0.29) is 5.91 Å². The maximum absolute atomic E-state index is 11.8. The van der Waals surface area contributed by atoms with Gasteiger partial charge in [-0.1, -0.05) is 13.3 Å². The lowest BCUT2D eigenvalue weighted by Gasteiger charge is -2.13. The normalized spacial score (nSPS) is 12.2. The number of rotatable bonds is 7. The Hall–Kier alpha value is -1.49. The number of amides is 1. The quantitative estimate of drug-likeness (QED) is 0.791. The van der Waals surface area contributed by atoms with E-state index >= 15 is 0 Å². The van der Waals surface area contributed by atoms with E-state index in [1.807, 2.05) is 19.9 Å². The van der Waals surface area contributed by atoms with Crippen LogP contribution in [0.1, 0.15) is 44.0 Å². The maximum Gasteiger partial charge on any atom is 0.229 e. The molecule has 0 fully saturated rings. The number of carbonyl (C=O) groups is 1. The summed E-state index contributed by atoms with van der Waals surface area (Å²) in [6.07, 6.45) is 3.40. The minimum absolute atomic E-state index is 0.0273. The zero-order valence-corrected chi connectivity index (χ0v) is 12.1. The smallest absolute Gasteiger partial charge is 0.229 e. The summed E-state index contributed by atoms with van der Waals surface area (Å²) in [6.45, 7) is 6.59. The minimum Gasteiger partial charge on any atom is -0.330 e. The number of nitrogens with one attached hydrogen (secondary N) is 1. The van der Waals surface area contributed by atoms with Gasteiger partial charge in [0.15, 0.2) is 0 Å². The maximum atomic E-state index is 11.8. The molecule has 1 rings (SSSR count). The van der Waals surface area contributed by atoms with E-state index < -0.39 is 0 Å². The van der Waals surface area contributed by atoms with Crippen molar-refractivity contribution in [3.05, 3.63) is 17.5 Å². The van der Waals surface area contributed by atoms with E-state index in [0.29, 0.717) is 24.8 Å². The molecule has 1 amide bonds. The van der Waals surface area contributed by atoms with Gasteiger partial charge in [0, 0.05) is 17.8 Å². The number of nitrogens with zero attached hydrogens (tertiary/aromatic N) is 2. The fourth-order valence-electron chi connectivity index (χ4n) is 2.09. The number of hydrogen-bond acceptors (Lipinski definition) is 4. The van der Waals surface area contributed by atoms with E-state index in [1.54, 1.807) is 0 Å². The van der Waals surface area contributed by atoms with Gasteiger partial charge in [-0.2, -0.15) is 0 Å². The van der Waals surface area contributed by atoms with Crippen molar-refractivity contribution in [3.8, 4) is 0 Å². The van der Waals surface area contributed by atoms with Gasteiger partial charge in [-0.25, -0.2) is 9.97 Å². The lowest BCUT2D eigenvalue weighted by Crippen LogP contribution is -2.17. The fraction of sp³-hybridized carbons (Fsp3) is 0.643. The summed E-state index contributed by atoms with van der Waals surface area (Å²) in [5.74, 6) is 0.894. The summed E-state index contributed by atoms with van der Waals surface area (Å²) in [4.78, 5) is 20.2. The number of carbonyl (C=O) groups excluding carboxylic acids is 1. The van der Waals surface area contributed by atoms with Crippen LogP contribution in [0.4, 0.5) is 5.95 Å². The fourth-order valence-corrected chi connectivity index (χ4v) is 2.09. The molecule has 1 atom stereocenters. The molecule has 0 aromatic carbocycles. The molecule has 0 aliphatic rings. The molecule has 1 aromatic rings. The third-order valence-electron chi connectivity index (χ3n) is 3.17. The summed E-state index contributed by atoms with van der Waals surface area (Å²) in [5.41, 5.74) is 7.27. The highest BCUT2D eigenvalue weighted by Crippen LogP contribution is 2.15. The van der Waals surface area contributed by atoms with Crippen LogP contribution in [0.5, 0.6) is 0 Å². The number of nitrogens with two attached hydrogens (primary N) is 1. The molecule has 0 aliphatic heterocycles. The standard InChI is InChI=1S/C14H24N4O/c1-4-12(7-8-15)5-6-13(19)18-14-16-10(2)9-11(3)17-14/h9,12H,4-8,15H2,1-3H3,(H,16,17,18,19). The highest BCUT2D eigenvalue weighted by Gasteiger charge is 2.10. The molecule has 106 valence electrons. The Morgan fingerprint density at radius 2 is 1.95 bits per heavy atom. The van der Waals surface area contributed by atoms with Gasteiger partial charge in [-0.05, 0) is 45.2 Å². The molecule has 5 nitrogen and oxygen atoms in total. The number of hydrogen-bond donors (Lipinski definition) is 2. The molecule has 0 aliphatic carbocycles. The van der Waals surface area contributed by atoms with Crippen LogP contribution in [0.15, 0.2) is 6.07 Å². The van der Waals surface area contributed by atoms with Crippen molar-refractivity contribution in [2.45, 2.75) is 46.5 Å². The van der Waals surface area contributed by atoms with Crippen molar-refractivity contribution in [2.75, 3.05) is 11.9 Å². The second-order valence-corrected chi connectivity index (χ2v) is 4.91. The Kier molecular flexibility index (Phi) is 6.42. The molecule has 1 unspecified atom stereocenters. The lowest BCUT2D eigenvalue weighted by atomic mass is 9.96. The van der Waals surface area contributed by atoms with Crippen LogP contribution in [0.2, 0.25) is 0 Å². The molecule has 0 saturated heterocycles. The van der Waals surface area contributed by atoms with Crippen molar-refractivity contribution in [1.29, 1.82) is 0 Å². The van der Waals surface area contributed by atoms with Gasteiger partial charge in [-0.15, -0.1) is 0 Å². The van der Waals surface area contributed by atoms with Crippen LogP contribution in [0, 0.1) is 19.8 Å². The Bertz CT molecular complexity index is 400. The van der Waals surface area contributed by atoms with Gasteiger partial charge in [-0.3, -0.25) is 10.1 Å². The van der Waals surface area contributed by atoms with E-state index in [2.05, 4.69) is 22.2 Å². The van der Waals surface area contributed by atoms with Crippen molar-refractivity contribution in [1.82, 2.24) is 9.97 Å². The second kappa shape index (κ2) is 7.84. The van der Waals surface area contributed by atoms with E-state index in [9.17, 15) is 4.79 Å². The molecular formula is C14H24N4O. The molecule has 5 heteroatoms. The summed E-state index contributed by atoms with van der Waals surface area (Å²) < 4.78 is 0. The van der Waals surface area contributed by atoms with Gasteiger partial charge < -0.3 is 5.73 Å². The van der Waals surface area contributed by atoms with E-state index in [4.69, 9.17) is 5.73 Å². The monoisotopic (exact) mass is 264 g/mol. The van der Waals surface area contributed by atoms with Gasteiger partial charge in [0.25, 0.3) is 0 Å². The van der Waals surface area contributed by atoms with Gasteiger partial charge in [0.05, 0.1) is 0 Å². The Morgan fingerprint density at radius 1 is 1.32 bits per heavy atom. The summed E-state index contributed by atoms with van der Waals surface area (Å²) in [7, 11) is 0. The van der Waals surface area contributed by atoms with Crippen LogP contribution in [-0.2, 0) is 4.79 Å². The molecule has 1 aromatic heterocycles. The van der Waals surface area contributed by atoms with Crippen LogP contribution >= 0.6 is 0 Å². The van der Waals surface area contributed by atoms with Crippen molar-refractivity contribution in [2.24, 2.45) is 11.7 Å². The van der Waals surface area contributed by atoms with Gasteiger partial charge in [0.2, 0.25) is 11.9 Å². The first-order valence-corrected chi connectivity index (χ1v) is 6.87. The first kappa shape index (κ1) is 15.6. The molecule has 0 saturated carbocycles. The summed E-state index contributed by atoms with van der Waals surface area (Å²) in [6, 6.07) is 1.88.